The molecule has 9 nitrogen and oxygen atoms in total. The number of halogens is 1. The van der Waals surface area contributed by atoms with Crippen molar-refractivity contribution in [2.45, 2.75) is 52.2 Å². The summed E-state index contributed by atoms with van der Waals surface area (Å²) < 4.78 is 22.8. The first-order valence-corrected chi connectivity index (χ1v) is 14.3. The zero-order chi connectivity index (χ0) is 30.9. The van der Waals surface area contributed by atoms with Crippen LogP contribution in [-0.4, -0.2) is 51.2 Å². The number of benzene rings is 2. The van der Waals surface area contributed by atoms with Gasteiger partial charge in [-0.1, -0.05) is 18.2 Å². The molecular formula is C33H36FN5O4. The fourth-order valence-electron chi connectivity index (χ4n) is 5.41. The molecule has 3 heterocycles. The summed E-state index contributed by atoms with van der Waals surface area (Å²) in [6.45, 7) is 8.07. The maximum atomic E-state index is 15.7. The van der Waals surface area contributed by atoms with Gasteiger partial charge in [-0.25, -0.2) is 14.2 Å². The number of fused-ring (bicyclic) bond motifs is 1. The molecule has 1 aliphatic heterocycles. The van der Waals surface area contributed by atoms with Gasteiger partial charge in [-0.15, -0.1) is 0 Å². The van der Waals surface area contributed by atoms with Crippen molar-refractivity contribution in [1.82, 2.24) is 14.5 Å². The van der Waals surface area contributed by atoms with Crippen LogP contribution in [0.4, 0.5) is 26.4 Å². The van der Waals surface area contributed by atoms with Crippen LogP contribution in [0, 0.1) is 12.7 Å². The van der Waals surface area contributed by atoms with Crippen molar-refractivity contribution in [2.24, 2.45) is 7.05 Å². The van der Waals surface area contributed by atoms with Crippen LogP contribution in [0.25, 0.3) is 10.8 Å². The van der Waals surface area contributed by atoms with Gasteiger partial charge in [0.1, 0.15) is 22.9 Å². The zero-order valence-corrected chi connectivity index (χ0v) is 25.1. The highest BCUT2D eigenvalue weighted by Crippen LogP contribution is 2.33. The maximum Gasteiger partial charge on any atom is 0.410 e. The first-order chi connectivity index (χ1) is 20.4. The third-order valence-electron chi connectivity index (χ3n) is 7.44. The fraction of sp³-hybridized carbons (Fsp3) is 0.333. The summed E-state index contributed by atoms with van der Waals surface area (Å²) in [5.74, 6) is -0.908. The Kier molecular flexibility index (Phi) is 8.21. The lowest BCUT2D eigenvalue weighted by Gasteiger charge is -2.39. The van der Waals surface area contributed by atoms with Crippen molar-refractivity contribution < 1.29 is 18.7 Å². The number of pyridine rings is 2. The van der Waals surface area contributed by atoms with Gasteiger partial charge >= 0.3 is 6.09 Å². The number of hydrogen-bond acceptors (Lipinski definition) is 6. The van der Waals surface area contributed by atoms with Gasteiger partial charge in [0.25, 0.3) is 11.5 Å². The van der Waals surface area contributed by atoms with Crippen molar-refractivity contribution in [3.05, 3.63) is 94.3 Å². The van der Waals surface area contributed by atoms with Crippen LogP contribution in [0.3, 0.4) is 0 Å². The molecule has 0 radical (unpaired) electrons. The molecule has 1 atom stereocenters. The van der Waals surface area contributed by atoms with Crippen LogP contribution in [0.1, 0.15) is 49.5 Å². The number of nitrogens with one attached hydrogen (secondary N) is 1. The van der Waals surface area contributed by atoms with Crippen molar-refractivity contribution >= 4 is 40.0 Å². The van der Waals surface area contributed by atoms with E-state index in [0.717, 1.165) is 16.3 Å². The fourth-order valence-corrected chi connectivity index (χ4v) is 5.41. The first-order valence-electron chi connectivity index (χ1n) is 14.3. The van der Waals surface area contributed by atoms with E-state index < -0.39 is 29.5 Å². The van der Waals surface area contributed by atoms with E-state index in [9.17, 15) is 14.4 Å². The molecule has 0 spiro atoms. The van der Waals surface area contributed by atoms with Gasteiger partial charge in [0.05, 0.1) is 11.6 Å². The third kappa shape index (κ3) is 6.38. The van der Waals surface area contributed by atoms with Crippen LogP contribution in [-0.2, 0) is 11.8 Å². The molecular weight excluding hydrogens is 549 g/mol. The van der Waals surface area contributed by atoms with E-state index in [4.69, 9.17) is 4.74 Å². The number of nitrogens with zero attached hydrogens (tertiary/aromatic N) is 4. The number of likely N-dealkylation sites (tertiary alicyclic amines) is 1. The number of ether oxygens (including phenoxy) is 1. The quantitative estimate of drug-likeness (QED) is 0.301. The second-order valence-corrected chi connectivity index (χ2v) is 11.9. The minimum Gasteiger partial charge on any atom is -0.444 e. The number of aromatic nitrogens is 2. The second-order valence-electron chi connectivity index (χ2n) is 11.9. The molecule has 2 aromatic heterocycles. The highest BCUT2D eigenvalue weighted by atomic mass is 19.1. The molecule has 43 heavy (non-hydrogen) atoms. The number of hydrogen-bond donors (Lipinski definition) is 1. The van der Waals surface area contributed by atoms with Gasteiger partial charge in [-0.3, -0.25) is 14.5 Å². The summed E-state index contributed by atoms with van der Waals surface area (Å²) in [6.07, 6.45) is 4.03. The van der Waals surface area contributed by atoms with E-state index in [1.807, 2.05) is 52.0 Å². The maximum absolute atomic E-state index is 15.7. The lowest BCUT2D eigenvalue weighted by atomic mass is 10.00. The first kappa shape index (κ1) is 29.8. The lowest BCUT2D eigenvalue weighted by molar-refractivity contribution is 0.0196. The Balaban J connectivity index is 1.54. The lowest BCUT2D eigenvalue weighted by Crippen LogP contribution is -2.53. The van der Waals surface area contributed by atoms with Gasteiger partial charge in [-0.2, -0.15) is 0 Å². The Morgan fingerprint density at radius 1 is 1.12 bits per heavy atom. The highest BCUT2D eigenvalue weighted by molar-refractivity contribution is 6.11. The normalized spacial score (nSPS) is 15.3. The number of piperidine rings is 1. The SMILES string of the molecule is Cc1cccc2ccnc(N(C(=O)c3ccc(Nc4cccn(C)c4=O)cc3F)[C@@H]3CCCN(C(=O)OC(C)(C)C)C3)c12. The standard InChI is InChI=1S/C33H36FN5O4/c1-21-9-6-10-22-15-16-35-29(28(21)22)39(24-11-7-18-38(20-24)32(42)43-33(2,3)4)30(40)25-14-13-23(19-26(25)34)36-27-12-8-17-37(5)31(27)41/h6,8-10,12-17,19,24,36H,7,11,18,20H2,1-5H3/t24-/m1/s1. The summed E-state index contributed by atoms with van der Waals surface area (Å²) in [6, 6.07) is 14.7. The Morgan fingerprint density at radius 2 is 1.91 bits per heavy atom. The van der Waals surface area contributed by atoms with E-state index in [-0.39, 0.29) is 23.4 Å². The van der Waals surface area contributed by atoms with Gasteiger partial charge < -0.3 is 19.5 Å². The number of amides is 2. The summed E-state index contributed by atoms with van der Waals surface area (Å²) in [5.41, 5.74) is 0.452. The molecule has 4 aromatic rings. The largest absolute Gasteiger partial charge is 0.444 e. The monoisotopic (exact) mass is 585 g/mol. The smallest absolute Gasteiger partial charge is 0.410 e. The number of carbonyl (C=O) groups excluding carboxylic acids is 2. The molecule has 0 aliphatic carbocycles. The summed E-state index contributed by atoms with van der Waals surface area (Å²) in [7, 11) is 1.63. The predicted molar refractivity (Wildman–Crippen MR) is 165 cm³/mol. The van der Waals surface area contributed by atoms with Crippen LogP contribution >= 0.6 is 0 Å². The van der Waals surface area contributed by atoms with Crippen molar-refractivity contribution in [2.75, 3.05) is 23.3 Å². The van der Waals surface area contributed by atoms with Crippen molar-refractivity contribution in [1.29, 1.82) is 0 Å². The number of anilines is 3. The molecule has 1 aliphatic rings. The minimum atomic E-state index is -0.746. The Hall–Kier alpha value is -4.73. The minimum absolute atomic E-state index is 0.145. The molecule has 1 N–H and O–H groups in total. The Bertz CT molecular complexity index is 1740. The highest BCUT2D eigenvalue weighted by Gasteiger charge is 2.36. The van der Waals surface area contributed by atoms with E-state index in [1.165, 1.54) is 21.6 Å². The number of rotatable bonds is 5. The molecule has 2 aromatic carbocycles. The molecule has 0 unspecified atom stereocenters. The average molecular weight is 586 g/mol. The van der Waals surface area contributed by atoms with Crippen molar-refractivity contribution in [3.63, 3.8) is 0 Å². The third-order valence-corrected chi connectivity index (χ3v) is 7.44. The molecule has 1 saturated heterocycles. The molecule has 224 valence electrons. The topological polar surface area (TPSA) is 96.8 Å². The number of carbonyl (C=O) groups is 2. The molecule has 0 bridgehead atoms. The van der Waals surface area contributed by atoms with E-state index in [1.54, 1.807) is 42.5 Å². The van der Waals surface area contributed by atoms with Gasteiger partial charge in [-0.05, 0) is 87.9 Å². The summed E-state index contributed by atoms with van der Waals surface area (Å²) >= 11 is 0. The van der Waals surface area contributed by atoms with E-state index in [0.29, 0.717) is 30.9 Å². The molecule has 0 saturated carbocycles. The van der Waals surface area contributed by atoms with E-state index in [2.05, 4.69) is 10.3 Å². The van der Waals surface area contributed by atoms with Crippen LogP contribution < -0.4 is 15.8 Å². The molecule has 10 heteroatoms. The van der Waals surface area contributed by atoms with E-state index >= 15 is 4.39 Å². The molecule has 5 rings (SSSR count). The van der Waals surface area contributed by atoms with Crippen LogP contribution in [0.15, 0.2) is 71.8 Å². The summed E-state index contributed by atoms with van der Waals surface area (Å²) in [5, 5.41) is 4.62. The van der Waals surface area contributed by atoms with Crippen LogP contribution in [0.5, 0.6) is 0 Å². The Morgan fingerprint density at radius 3 is 2.65 bits per heavy atom. The number of aryl methyl sites for hydroxylation is 2. The zero-order valence-electron chi connectivity index (χ0n) is 25.1. The predicted octanol–water partition coefficient (Wildman–Crippen LogP) is 6.17. The molecule has 1 fully saturated rings. The van der Waals surface area contributed by atoms with Gasteiger partial charge in [0.2, 0.25) is 0 Å². The van der Waals surface area contributed by atoms with Gasteiger partial charge in [0, 0.05) is 43.6 Å². The van der Waals surface area contributed by atoms with Gasteiger partial charge in [0.15, 0.2) is 0 Å². The average Bonchev–Trinajstić information content (AvgIpc) is 2.95. The second kappa shape index (κ2) is 11.9. The summed E-state index contributed by atoms with van der Waals surface area (Å²) in [4.78, 5) is 47.5. The Labute approximate surface area is 249 Å². The molecule has 2 amide bonds. The van der Waals surface area contributed by atoms with Crippen molar-refractivity contribution in [3.8, 4) is 0 Å². The van der Waals surface area contributed by atoms with Crippen LogP contribution in [0.2, 0.25) is 0 Å².